The van der Waals surface area contributed by atoms with E-state index >= 15 is 0 Å². The van der Waals surface area contributed by atoms with Gasteiger partial charge in [0, 0.05) is 17.7 Å². The third-order valence-electron chi connectivity index (χ3n) is 3.10. The molecule has 18 heavy (non-hydrogen) atoms. The fourth-order valence-corrected chi connectivity index (χ4v) is 2.22. The van der Waals surface area contributed by atoms with E-state index in [2.05, 4.69) is 15.3 Å². The highest BCUT2D eigenvalue weighted by atomic mass is 35.5. The summed E-state index contributed by atoms with van der Waals surface area (Å²) >= 11 is 5.70. The maximum atomic E-state index is 9.43. The molecule has 0 aliphatic heterocycles. The van der Waals surface area contributed by atoms with Gasteiger partial charge in [-0.3, -0.25) is 0 Å². The molecule has 0 bridgehead atoms. The molecule has 1 saturated carbocycles. The summed E-state index contributed by atoms with van der Waals surface area (Å²) in [6.07, 6.45) is 4.13. The fourth-order valence-electron chi connectivity index (χ4n) is 2.09. The maximum Gasteiger partial charge on any atom is 0.493 e. The summed E-state index contributed by atoms with van der Waals surface area (Å²) < 4.78 is 0. The van der Waals surface area contributed by atoms with Crippen molar-refractivity contribution in [2.75, 3.05) is 5.32 Å². The van der Waals surface area contributed by atoms with Crippen LogP contribution in [-0.4, -0.2) is 44.4 Å². The number of halogens is 1. The highest BCUT2D eigenvalue weighted by Crippen LogP contribution is 2.21. The highest BCUT2D eigenvalue weighted by Gasteiger charge is 2.23. The average Bonchev–Trinajstić information content (AvgIpc) is 2.32. The summed E-state index contributed by atoms with van der Waals surface area (Å²) in [6.45, 7) is 0. The lowest BCUT2D eigenvalue weighted by Crippen LogP contribution is -2.37. The Bertz CT molecular complexity index is 413. The van der Waals surface area contributed by atoms with Gasteiger partial charge in [0.25, 0.3) is 0 Å². The zero-order valence-corrected chi connectivity index (χ0v) is 10.5. The molecule has 6 nitrogen and oxygen atoms in total. The lowest BCUT2D eigenvalue weighted by Gasteiger charge is -2.27. The Balaban J connectivity index is 2.10. The van der Waals surface area contributed by atoms with E-state index in [1.165, 1.54) is 6.20 Å². The quantitative estimate of drug-likeness (QED) is 0.438. The van der Waals surface area contributed by atoms with Gasteiger partial charge in [0.15, 0.2) is 0 Å². The number of aliphatic hydroxyl groups excluding tert-OH is 1. The molecule has 1 heterocycles. The fraction of sp³-hybridized carbons (Fsp3) is 0.600. The number of aromatic nitrogens is 2. The molecule has 1 aliphatic rings. The summed E-state index contributed by atoms with van der Waals surface area (Å²) in [5.74, 6) is 0.339. The van der Waals surface area contributed by atoms with Crippen LogP contribution in [0.3, 0.4) is 0 Å². The molecular formula is C10H15BClN3O3. The van der Waals surface area contributed by atoms with Crippen LogP contribution >= 0.6 is 11.6 Å². The zero-order valence-electron chi connectivity index (χ0n) is 9.75. The Morgan fingerprint density at radius 1 is 1.28 bits per heavy atom. The number of hydrogen-bond acceptors (Lipinski definition) is 6. The molecule has 0 radical (unpaired) electrons. The first kappa shape index (κ1) is 13.5. The van der Waals surface area contributed by atoms with E-state index in [4.69, 9.17) is 11.6 Å². The van der Waals surface area contributed by atoms with Crippen molar-refractivity contribution in [2.24, 2.45) is 0 Å². The van der Waals surface area contributed by atoms with Gasteiger partial charge < -0.3 is 20.5 Å². The predicted octanol–water partition coefficient (Wildman–Crippen LogP) is -0.475. The number of nitrogens with one attached hydrogen (secondary N) is 1. The van der Waals surface area contributed by atoms with E-state index in [0.29, 0.717) is 5.82 Å². The van der Waals surface area contributed by atoms with Crippen LogP contribution in [0.2, 0.25) is 5.28 Å². The van der Waals surface area contributed by atoms with Crippen LogP contribution in [0.5, 0.6) is 0 Å². The van der Waals surface area contributed by atoms with Gasteiger partial charge in [0.05, 0.1) is 6.10 Å². The molecule has 0 spiro atoms. The Morgan fingerprint density at radius 3 is 2.56 bits per heavy atom. The molecule has 98 valence electrons. The van der Waals surface area contributed by atoms with Gasteiger partial charge in [0.2, 0.25) is 5.28 Å². The molecule has 2 rings (SSSR count). The lowest BCUT2D eigenvalue weighted by molar-refractivity contribution is 0.126. The van der Waals surface area contributed by atoms with Crippen LogP contribution in [0.15, 0.2) is 6.20 Å². The van der Waals surface area contributed by atoms with Gasteiger partial charge in [-0.25, -0.2) is 9.97 Å². The van der Waals surface area contributed by atoms with Crippen LogP contribution in [-0.2, 0) is 0 Å². The number of hydrogen-bond donors (Lipinski definition) is 4. The molecule has 4 N–H and O–H groups in total. The first-order chi connectivity index (χ1) is 8.56. The molecule has 0 aromatic carbocycles. The molecular weight excluding hydrogens is 256 g/mol. The van der Waals surface area contributed by atoms with Gasteiger partial charge >= 0.3 is 7.12 Å². The minimum atomic E-state index is -1.64. The number of aliphatic hydroxyl groups is 1. The molecule has 1 aromatic heterocycles. The largest absolute Gasteiger partial charge is 0.493 e. The number of rotatable bonds is 3. The second-order valence-corrected chi connectivity index (χ2v) is 4.80. The predicted molar refractivity (Wildman–Crippen MR) is 68.8 cm³/mol. The molecule has 0 atom stereocenters. The van der Waals surface area contributed by atoms with Crippen molar-refractivity contribution in [3.8, 4) is 0 Å². The van der Waals surface area contributed by atoms with Crippen molar-refractivity contribution in [1.82, 2.24) is 9.97 Å². The van der Waals surface area contributed by atoms with Gasteiger partial charge in [-0.15, -0.1) is 0 Å². The second-order valence-electron chi connectivity index (χ2n) is 4.47. The topological polar surface area (TPSA) is 98.5 Å². The van der Waals surface area contributed by atoms with Crippen LogP contribution in [0, 0.1) is 0 Å². The lowest BCUT2D eigenvalue weighted by atomic mass is 9.81. The van der Waals surface area contributed by atoms with E-state index < -0.39 is 7.12 Å². The van der Waals surface area contributed by atoms with Crippen molar-refractivity contribution in [3.05, 3.63) is 11.5 Å². The Labute approximate surface area is 110 Å². The van der Waals surface area contributed by atoms with Gasteiger partial charge in [0.1, 0.15) is 5.82 Å². The molecule has 0 amide bonds. The Morgan fingerprint density at radius 2 is 1.94 bits per heavy atom. The molecule has 1 fully saturated rings. The molecule has 1 aromatic rings. The molecule has 0 unspecified atom stereocenters. The molecule has 0 saturated heterocycles. The molecule has 1 aliphatic carbocycles. The van der Waals surface area contributed by atoms with Gasteiger partial charge in [-0.1, -0.05) is 0 Å². The van der Waals surface area contributed by atoms with Crippen molar-refractivity contribution < 1.29 is 15.2 Å². The van der Waals surface area contributed by atoms with E-state index in [9.17, 15) is 15.2 Å². The van der Waals surface area contributed by atoms with E-state index in [0.717, 1.165) is 25.7 Å². The van der Waals surface area contributed by atoms with Crippen molar-refractivity contribution >= 4 is 30.0 Å². The summed E-state index contributed by atoms with van der Waals surface area (Å²) in [6, 6.07) is 0.150. The first-order valence-corrected chi connectivity index (χ1v) is 6.27. The molecule has 8 heteroatoms. The van der Waals surface area contributed by atoms with Crippen molar-refractivity contribution in [2.45, 2.75) is 37.8 Å². The summed E-state index contributed by atoms with van der Waals surface area (Å²) in [5, 5.41) is 31.0. The van der Waals surface area contributed by atoms with Gasteiger partial charge in [-0.05, 0) is 37.3 Å². The van der Waals surface area contributed by atoms with Crippen molar-refractivity contribution in [1.29, 1.82) is 0 Å². The van der Waals surface area contributed by atoms with Crippen LogP contribution in [0.1, 0.15) is 25.7 Å². The monoisotopic (exact) mass is 271 g/mol. The van der Waals surface area contributed by atoms with Gasteiger partial charge in [-0.2, -0.15) is 0 Å². The number of nitrogens with zero attached hydrogens (tertiary/aromatic N) is 2. The third-order valence-corrected chi connectivity index (χ3v) is 3.29. The second kappa shape index (κ2) is 5.84. The van der Waals surface area contributed by atoms with Crippen LogP contribution in [0.25, 0.3) is 0 Å². The summed E-state index contributed by atoms with van der Waals surface area (Å²) in [5.41, 5.74) is 0.200. The normalized spacial score (nSPS) is 23.8. The minimum absolute atomic E-state index is 0.0535. The highest BCUT2D eigenvalue weighted by molar-refractivity contribution is 6.60. The van der Waals surface area contributed by atoms with E-state index in [1.54, 1.807) is 0 Å². The first-order valence-electron chi connectivity index (χ1n) is 5.89. The smallest absolute Gasteiger partial charge is 0.423 e. The Kier molecular flexibility index (Phi) is 4.39. The number of anilines is 1. The Hall–Kier alpha value is -0.885. The summed E-state index contributed by atoms with van der Waals surface area (Å²) in [7, 11) is -1.64. The minimum Gasteiger partial charge on any atom is -0.423 e. The van der Waals surface area contributed by atoms with Crippen LogP contribution in [0.4, 0.5) is 5.82 Å². The van der Waals surface area contributed by atoms with E-state index in [1.807, 2.05) is 0 Å². The zero-order chi connectivity index (χ0) is 13.1. The van der Waals surface area contributed by atoms with Crippen LogP contribution < -0.4 is 10.8 Å². The van der Waals surface area contributed by atoms with Crippen molar-refractivity contribution in [3.63, 3.8) is 0 Å². The van der Waals surface area contributed by atoms with E-state index in [-0.39, 0.29) is 22.9 Å². The maximum absolute atomic E-state index is 9.43. The SMILES string of the molecule is OB(O)c1cnc(Cl)nc1NC1CCC(O)CC1. The standard InChI is InChI=1S/C10H15BClN3O3/c12-10-13-5-8(11(17)18)9(15-10)14-6-1-3-7(16)4-2-6/h5-7,16-18H,1-4H2,(H,13,14,15). The average molecular weight is 272 g/mol. The third kappa shape index (κ3) is 3.32. The summed E-state index contributed by atoms with van der Waals surface area (Å²) in [4.78, 5) is 7.69.